The summed E-state index contributed by atoms with van der Waals surface area (Å²) in [5.41, 5.74) is 2.18. The molecule has 1 atom stereocenters. The van der Waals surface area contributed by atoms with E-state index in [2.05, 4.69) is 37.2 Å². The Morgan fingerprint density at radius 1 is 1.32 bits per heavy atom. The van der Waals surface area contributed by atoms with E-state index in [9.17, 15) is 4.39 Å². The average molecular weight is 387 g/mol. The molecule has 1 aliphatic heterocycles. The molecule has 1 N–H and O–H groups in total. The maximum atomic E-state index is 13.5. The number of halogens is 3. The Kier molecular flexibility index (Phi) is 6.32. The number of benzene rings is 1. The summed E-state index contributed by atoms with van der Waals surface area (Å²) in [5.74, 6) is -0.179. The van der Waals surface area contributed by atoms with Crippen LogP contribution in [0.15, 0.2) is 47.2 Å². The van der Waals surface area contributed by atoms with Gasteiger partial charge in [0.15, 0.2) is 0 Å². The largest absolute Gasteiger partial charge is 0.314 e. The van der Waals surface area contributed by atoms with Gasteiger partial charge in [-0.3, -0.25) is 9.88 Å². The van der Waals surface area contributed by atoms with Crippen molar-refractivity contribution in [3.05, 3.63) is 64.1 Å². The van der Waals surface area contributed by atoms with Crippen LogP contribution in [0, 0.1) is 5.82 Å². The zero-order valence-electron chi connectivity index (χ0n) is 12.0. The zero-order chi connectivity index (χ0) is 14.7. The fraction of sp³-hybridized carbons (Fsp3) is 0.312. The lowest BCUT2D eigenvalue weighted by Crippen LogP contribution is -2.45. The van der Waals surface area contributed by atoms with Crippen LogP contribution in [0.1, 0.15) is 17.2 Å². The molecular weight excluding hydrogens is 369 g/mol. The Morgan fingerprint density at radius 3 is 2.95 bits per heavy atom. The summed E-state index contributed by atoms with van der Waals surface area (Å²) in [4.78, 5) is 6.58. The second kappa shape index (κ2) is 8.02. The first-order chi connectivity index (χ1) is 10.2. The van der Waals surface area contributed by atoms with Crippen LogP contribution >= 0.6 is 28.3 Å². The first-order valence-corrected chi connectivity index (χ1v) is 7.81. The molecule has 0 aliphatic carbocycles. The third-order valence-corrected chi connectivity index (χ3v) is 4.17. The molecule has 1 unspecified atom stereocenters. The Bertz CT molecular complexity index is 626. The maximum absolute atomic E-state index is 13.5. The molecule has 1 aromatic carbocycles. The molecule has 1 saturated heterocycles. The lowest BCUT2D eigenvalue weighted by Gasteiger charge is -2.36. The summed E-state index contributed by atoms with van der Waals surface area (Å²) in [5, 5.41) is 3.39. The Morgan fingerprint density at radius 2 is 2.18 bits per heavy atom. The fourth-order valence-corrected chi connectivity index (χ4v) is 3.17. The number of hydrogen-bond acceptors (Lipinski definition) is 3. The molecule has 2 aromatic rings. The van der Waals surface area contributed by atoms with E-state index < -0.39 is 0 Å². The third kappa shape index (κ3) is 4.26. The van der Waals surface area contributed by atoms with Crippen LogP contribution in [-0.2, 0) is 6.54 Å². The quantitative estimate of drug-likeness (QED) is 0.874. The topological polar surface area (TPSA) is 28.2 Å². The highest BCUT2D eigenvalue weighted by Crippen LogP contribution is 2.25. The molecule has 3 rings (SSSR count). The molecule has 0 bridgehead atoms. The first-order valence-electron chi connectivity index (χ1n) is 7.02. The predicted molar refractivity (Wildman–Crippen MR) is 91.6 cm³/mol. The van der Waals surface area contributed by atoms with Gasteiger partial charge in [0.05, 0.1) is 0 Å². The summed E-state index contributed by atoms with van der Waals surface area (Å²) < 4.78 is 14.5. The van der Waals surface area contributed by atoms with Gasteiger partial charge >= 0.3 is 0 Å². The molecule has 118 valence electrons. The van der Waals surface area contributed by atoms with Crippen molar-refractivity contribution >= 4 is 28.3 Å². The van der Waals surface area contributed by atoms with Gasteiger partial charge in [0.2, 0.25) is 0 Å². The molecule has 1 aromatic heterocycles. The first kappa shape index (κ1) is 17.3. The third-order valence-electron chi connectivity index (χ3n) is 3.73. The van der Waals surface area contributed by atoms with Crippen LogP contribution in [0.3, 0.4) is 0 Å². The number of piperazine rings is 1. The summed E-state index contributed by atoms with van der Waals surface area (Å²) in [6, 6.07) is 9.16. The lowest BCUT2D eigenvalue weighted by molar-refractivity contribution is 0.153. The van der Waals surface area contributed by atoms with Gasteiger partial charge in [-0.1, -0.05) is 12.1 Å². The number of rotatable bonds is 3. The van der Waals surface area contributed by atoms with Gasteiger partial charge in [-0.2, -0.15) is 0 Å². The van der Waals surface area contributed by atoms with E-state index in [4.69, 9.17) is 0 Å². The molecular formula is C16H18BrClFN3. The number of nitrogens with one attached hydrogen (secondary N) is 1. The standard InChI is InChI=1S/C16H17BrFN3.ClH/c17-14-6-12(8-20-9-14)11-21-5-4-19-10-16(21)13-2-1-3-15(18)7-13;/h1-3,6-9,16,19H,4-5,10-11H2;1H. The highest BCUT2D eigenvalue weighted by Gasteiger charge is 2.24. The number of aromatic nitrogens is 1. The van der Waals surface area contributed by atoms with Crippen molar-refractivity contribution in [2.24, 2.45) is 0 Å². The van der Waals surface area contributed by atoms with E-state index in [1.807, 2.05) is 12.3 Å². The molecule has 1 fully saturated rings. The average Bonchev–Trinajstić information content (AvgIpc) is 2.48. The van der Waals surface area contributed by atoms with Crippen LogP contribution in [0.5, 0.6) is 0 Å². The van der Waals surface area contributed by atoms with Crippen molar-refractivity contribution < 1.29 is 4.39 Å². The SMILES string of the molecule is Cl.Fc1cccc(C2CNCCN2Cc2cncc(Br)c2)c1. The van der Waals surface area contributed by atoms with Crippen LogP contribution in [0.4, 0.5) is 4.39 Å². The molecule has 3 nitrogen and oxygen atoms in total. The maximum Gasteiger partial charge on any atom is 0.123 e. The van der Waals surface area contributed by atoms with Crippen LogP contribution in [0.25, 0.3) is 0 Å². The molecule has 0 radical (unpaired) electrons. The van der Waals surface area contributed by atoms with Gasteiger partial charge in [-0.25, -0.2) is 4.39 Å². The zero-order valence-corrected chi connectivity index (χ0v) is 14.4. The minimum Gasteiger partial charge on any atom is -0.314 e. The fourth-order valence-electron chi connectivity index (χ4n) is 2.75. The summed E-state index contributed by atoms with van der Waals surface area (Å²) in [7, 11) is 0. The molecule has 2 heterocycles. The normalized spacial score (nSPS) is 18.7. The number of hydrogen-bond donors (Lipinski definition) is 1. The van der Waals surface area contributed by atoms with Crippen molar-refractivity contribution in [3.63, 3.8) is 0 Å². The smallest absolute Gasteiger partial charge is 0.123 e. The minimum atomic E-state index is -0.179. The monoisotopic (exact) mass is 385 g/mol. The van der Waals surface area contributed by atoms with Gasteiger partial charge < -0.3 is 5.32 Å². The van der Waals surface area contributed by atoms with Gasteiger partial charge in [-0.15, -0.1) is 12.4 Å². The van der Waals surface area contributed by atoms with Crippen LogP contribution in [-0.4, -0.2) is 29.5 Å². The van der Waals surface area contributed by atoms with Gasteiger partial charge in [0.25, 0.3) is 0 Å². The summed E-state index contributed by atoms with van der Waals surface area (Å²) in [6.07, 6.45) is 3.67. The van der Waals surface area contributed by atoms with Crippen molar-refractivity contribution in [2.75, 3.05) is 19.6 Å². The molecule has 6 heteroatoms. The van der Waals surface area contributed by atoms with Gasteiger partial charge in [0.1, 0.15) is 5.82 Å². The molecule has 1 aliphatic rings. The van der Waals surface area contributed by atoms with Crippen molar-refractivity contribution in [1.82, 2.24) is 15.2 Å². The van der Waals surface area contributed by atoms with Crippen molar-refractivity contribution in [1.29, 1.82) is 0 Å². The van der Waals surface area contributed by atoms with E-state index in [1.54, 1.807) is 18.3 Å². The predicted octanol–water partition coefficient (Wildman–Crippen LogP) is 3.55. The number of nitrogens with zero attached hydrogens (tertiary/aromatic N) is 2. The van der Waals surface area contributed by atoms with E-state index in [0.717, 1.165) is 41.8 Å². The lowest BCUT2D eigenvalue weighted by atomic mass is 10.0. The van der Waals surface area contributed by atoms with E-state index in [0.29, 0.717) is 0 Å². The summed E-state index contributed by atoms with van der Waals surface area (Å²) in [6.45, 7) is 3.54. The van der Waals surface area contributed by atoms with E-state index in [1.165, 1.54) is 6.07 Å². The second-order valence-corrected chi connectivity index (χ2v) is 6.17. The number of pyridine rings is 1. The van der Waals surface area contributed by atoms with Crippen molar-refractivity contribution in [3.8, 4) is 0 Å². The Labute approximate surface area is 144 Å². The summed E-state index contributed by atoms with van der Waals surface area (Å²) >= 11 is 3.45. The highest BCUT2D eigenvalue weighted by molar-refractivity contribution is 9.10. The molecule has 0 saturated carbocycles. The second-order valence-electron chi connectivity index (χ2n) is 5.26. The van der Waals surface area contributed by atoms with Crippen molar-refractivity contribution in [2.45, 2.75) is 12.6 Å². The van der Waals surface area contributed by atoms with Crippen LogP contribution < -0.4 is 5.32 Å². The molecule has 0 spiro atoms. The molecule has 0 amide bonds. The van der Waals surface area contributed by atoms with Crippen LogP contribution in [0.2, 0.25) is 0 Å². The Balaban J connectivity index is 0.00000176. The van der Waals surface area contributed by atoms with Gasteiger partial charge in [0, 0.05) is 49.1 Å². The highest BCUT2D eigenvalue weighted by atomic mass is 79.9. The van der Waals surface area contributed by atoms with Gasteiger partial charge in [-0.05, 0) is 45.3 Å². The Hall–Kier alpha value is -1.01. The molecule has 22 heavy (non-hydrogen) atoms. The van der Waals surface area contributed by atoms with E-state index in [-0.39, 0.29) is 24.3 Å². The van der Waals surface area contributed by atoms with E-state index >= 15 is 0 Å². The minimum absolute atomic E-state index is 0.